The second-order valence-corrected chi connectivity index (χ2v) is 11.8. The van der Waals surface area contributed by atoms with E-state index in [9.17, 15) is 9.59 Å². The van der Waals surface area contributed by atoms with Gasteiger partial charge >= 0.3 is 6.16 Å². The summed E-state index contributed by atoms with van der Waals surface area (Å²) in [6, 6.07) is 19.1. The lowest BCUT2D eigenvalue weighted by molar-refractivity contribution is -0.929. The van der Waals surface area contributed by atoms with Gasteiger partial charge in [0.2, 0.25) is 12.7 Å². The SMILES string of the molecule is Cc1ccc(NC(=O)c2ccc(CN3CC[N+](C)(COC(=O)OC(C)C)CC3)cc2)cc1Nc1nccc(-c2cccnc2)n1.[I-]. The van der Waals surface area contributed by atoms with Crippen LogP contribution in [-0.4, -0.2) is 82.5 Å². The fourth-order valence-corrected chi connectivity index (χ4v) is 4.98. The predicted octanol–water partition coefficient (Wildman–Crippen LogP) is 2.63. The molecule has 1 saturated heterocycles. The Kier molecular flexibility index (Phi) is 12.0. The Morgan fingerprint density at radius 1 is 1.02 bits per heavy atom. The van der Waals surface area contributed by atoms with Crippen molar-refractivity contribution in [2.45, 2.75) is 33.4 Å². The maximum absolute atomic E-state index is 13.1. The predicted molar refractivity (Wildman–Crippen MR) is 173 cm³/mol. The number of rotatable bonds is 10. The summed E-state index contributed by atoms with van der Waals surface area (Å²) in [6.07, 6.45) is 4.37. The zero-order valence-electron chi connectivity index (χ0n) is 26.6. The number of quaternary nitrogens is 1. The number of nitrogens with zero attached hydrogens (tertiary/aromatic N) is 5. The van der Waals surface area contributed by atoms with Crippen LogP contribution in [0.3, 0.4) is 0 Å². The molecule has 1 aliphatic rings. The summed E-state index contributed by atoms with van der Waals surface area (Å²) < 4.78 is 11.1. The maximum Gasteiger partial charge on any atom is 0.512 e. The molecular weight excluding hydrogens is 697 g/mol. The molecular formula is C34H40IN7O4. The molecule has 2 aromatic heterocycles. The summed E-state index contributed by atoms with van der Waals surface area (Å²) in [7, 11) is 2.09. The Morgan fingerprint density at radius 3 is 2.48 bits per heavy atom. The first kappa shape index (κ1) is 34.7. The lowest BCUT2D eigenvalue weighted by atomic mass is 10.1. The number of hydrogen-bond acceptors (Lipinski definition) is 9. The molecule has 0 saturated carbocycles. The number of ether oxygens (including phenoxy) is 2. The minimum atomic E-state index is -0.618. The van der Waals surface area contributed by atoms with Crippen molar-refractivity contribution in [1.82, 2.24) is 19.9 Å². The third-order valence-electron chi connectivity index (χ3n) is 7.72. The van der Waals surface area contributed by atoms with Crippen molar-refractivity contribution in [1.29, 1.82) is 0 Å². The van der Waals surface area contributed by atoms with Gasteiger partial charge in [0.15, 0.2) is 0 Å². The number of piperazine rings is 1. The number of aromatic nitrogens is 3. The minimum absolute atomic E-state index is 0. The van der Waals surface area contributed by atoms with E-state index in [0.717, 1.165) is 60.8 Å². The monoisotopic (exact) mass is 737 g/mol. The van der Waals surface area contributed by atoms with E-state index in [1.165, 1.54) is 0 Å². The van der Waals surface area contributed by atoms with Crippen LogP contribution in [-0.2, 0) is 16.0 Å². The number of pyridine rings is 1. The highest BCUT2D eigenvalue weighted by molar-refractivity contribution is 6.04. The van der Waals surface area contributed by atoms with E-state index in [1.807, 2.05) is 67.6 Å². The van der Waals surface area contributed by atoms with Crippen LogP contribution in [0.15, 0.2) is 79.3 Å². The van der Waals surface area contributed by atoms with E-state index in [1.54, 1.807) is 32.4 Å². The van der Waals surface area contributed by atoms with Gasteiger partial charge in [0.05, 0.1) is 31.9 Å². The Hall–Kier alpha value is -4.14. The molecule has 46 heavy (non-hydrogen) atoms. The average Bonchev–Trinajstić information content (AvgIpc) is 3.03. The lowest BCUT2D eigenvalue weighted by Crippen LogP contribution is -3.00. The van der Waals surface area contributed by atoms with Crippen LogP contribution in [0.4, 0.5) is 22.1 Å². The fraction of sp³-hybridized carbons (Fsp3) is 0.324. The number of carbonyl (C=O) groups excluding carboxylic acids is 2. The number of aryl methyl sites for hydroxylation is 1. The molecule has 1 aliphatic heterocycles. The number of likely N-dealkylation sites (N-methyl/N-ethyl adjacent to an activating group) is 1. The van der Waals surface area contributed by atoms with Crippen molar-refractivity contribution in [3.8, 4) is 11.3 Å². The van der Waals surface area contributed by atoms with Gasteiger partial charge in [0, 0.05) is 60.7 Å². The number of halogens is 1. The minimum Gasteiger partial charge on any atom is -1.00 e. The Labute approximate surface area is 287 Å². The summed E-state index contributed by atoms with van der Waals surface area (Å²) in [5.41, 5.74) is 5.83. The summed E-state index contributed by atoms with van der Waals surface area (Å²) >= 11 is 0. The molecule has 242 valence electrons. The highest BCUT2D eigenvalue weighted by Crippen LogP contribution is 2.25. The highest BCUT2D eigenvalue weighted by Gasteiger charge is 2.30. The van der Waals surface area contributed by atoms with E-state index in [0.29, 0.717) is 28.4 Å². The second-order valence-electron chi connectivity index (χ2n) is 11.8. The van der Waals surface area contributed by atoms with E-state index in [4.69, 9.17) is 9.47 Å². The van der Waals surface area contributed by atoms with Gasteiger partial charge in [-0.1, -0.05) is 18.2 Å². The molecule has 0 spiro atoms. The first-order valence-electron chi connectivity index (χ1n) is 15.1. The maximum atomic E-state index is 13.1. The van der Waals surface area contributed by atoms with Crippen molar-refractivity contribution in [3.05, 3.63) is 95.9 Å². The lowest BCUT2D eigenvalue weighted by Gasteiger charge is -2.41. The quantitative estimate of drug-likeness (QED) is 0.144. The van der Waals surface area contributed by atoms with Gasteiger partial charge in [-0.25, -0.2) is 14.8 Å². The van der Waals surface area contributed by atoms with Crippen LogP contribution in [0.5, 0.6) is 0 Å². The van der Waals surface area contributed by atoms with Crippen LogP contribution in [0.1, 0.15) is 35.3 Å². The molecule has 3 heterocycles. The standard InChI is InChI=1S/C34H39N7O4.HI/c1-24(2)45-34(43)44-23-41(4)18-16-40(17-19-41)22-26-8-10-27(11-9-26)32(42)37-29-12-7-25(3)31(20-29)39-33-36-15-13-30(38-33)28-6-5-14-35-21-28;/h5-15,20-21,24H,16-19,22-23H2,1-4H3,(H-,36,37,38,39,42);1H. The second kappa shape index (κ2) is 15.9. The van der Waals surface area contributed by atoms with Crippen LogP contribution in [0.2, 0.25) is 0 Å². The Balaban J connectivity index is 0.00000480. The molecule has 0 bridgehead atoms. The zero-order valence-corrected chi connectivity index (χ0v) is 28.7. The molecule has 0 radical (unpaired) electrons. The fourth-order valence-electron chi connectivity index (χ4n) is 4.98. The van der Waals surface area contributed by atoms with E-state index in [2.05, 4.69) is 37.5 Å². The molecule has 0 unspecified atom stereocenters. The van der Waals surface area contributed by atoms with Crippen molar-refractivity contribution < 1.29 is 47.5 Å². The molecule has 11 nitrogen and oxygen atoms in total. The van der Waals surface area contributed by atoms with Crippen LogP contribution >= 0.6 is 0 Å². The van der Waals surface area contributed by atoms with Crippen molar-refractivity contribution in [3.63, 3.8) is 0 Å². The van der Waals surface area contributed by atoms with Gasteiger partial charge in [0.1, 0.15) is 0 Å². The largest absolute Gasteiger partial charge is 1.00 e. The summed E-state index contributed by atoms with van der Waals surface area (Å²) in [4.78, 5) is 40.4. The molecule has 12 heteroatoms. The summed E-state index contributed by atoms with van der Waals surface area (Å²) in [6.45, 7) is 10.2. The van der Waals surface area contributed by atoms with Crippen molar-refractivity contribution in [2.24, 2.45) is 0 Å². The van der Waals surface area contributed by atoms with Gasteiger partial charge in [0.25, 0.3) is 5.91 Å². The zero-order chi connectivity index (χ0) is 31.8. The average molecular weight is 738 g/mol. The third kappa shape index (κ3) is 9.68. The number of hydrogen-bond donors (Lipinski definition) is 2. The van der Waals surface area contributed by atoms with Gasteiger partial charge in [-0.05, 0) is 74.4 Å². The third-order valence-corrected chi connectivity index (χ3v) is 7.72. The number of benzene rings is 2. The molecule has 2 aromatic carbocycles. The normalized spacial score (nSPS) is 14.2. The number of amides is 1. The Morgan fingerprint density at radius 2 is 1.78 bits per heavy atom. The summed E-state index contributed by atoms with van der Waals surface area (Å²) in [5, 5.41) is 6.28. The summed E-state index contributed by atoms with van der Waals surface area (Å²) in [5.74, 6) is 0.267. The van der Waals surface area contributed by atoms with Gasteiger partial charge in [-0.15, -0.1) is 0 Å². The number of anilines is 3. The van der Waals surface area contributed by atoms with Crippen LogP contribution < -0.4 is 34.6 Å². The molecule has 5 rings (SSSR count). The number of nitrogens with one attached hydrogen (secondary N) is 2. The highest BCUT2D eigenvalue weighted by atomic mass is 127. The Bertz CT molecular complexity index is 1610. The molecule has 1 amide bonds. The topological polar surface area (TPSA) is 119 Å². The first-order valence-corrected chi connectivity index (χ1v) is 15.1. The van der Waals surface area contributed by atoms with Crippen molar-refractivity contribution >= 4 is 29.4 Å². The van der Waals surface area contributed by atoms with Crippen molar-refractivity contribution in [2.75, 3.05) is 50.6 Å². The van der Waals surface area contributed by atoms with Crippen LogP contribution in [0.25, 0.3) is 11.3 Å². The van der Waals surface area contributed by atoms with E-state index in [-0.39, 0.29) is 36.0 Å². The smallest absolute Gasteiger partial charge is 0.512 e. The van der Waals surface area contributed by atoms with Gasteiger partial charge < -0.3 is 44.1 Å². The van der Waals surface area contributed by atoms with E-state index >= 15 is 0 Å². The van der Waals surface area contributed by atoms with Gasteiger partial charge in [-0.2, -0.15) is 0 Å². The molecule has 0 aliphatic carbocycles. The van der Waals surface area contributed by atoms with E-state index < -0.39 is 6.16 Å². The van der Waals surface area contributed by atoms with Crippen LogP contribution in [0, 0.1) is 6.92 Å². The molecule has 1 fully saturated rings. The molecule has 0 atom stereocenters. The first-order chi connectivity index (χ1) is 21.7. The molecule has 4 aromatic rings. The number of carbonyl (C=O) groups is 2. The van der Waals surface area contributed by atoms with Gasteiger partial charge in [-0.3, -0.25) is 19.2 Å². The molecule has 2 N–H and O–H groups in total.